The molecule has 114 valence electrons. The predicted molar refractivity (Wildman–Crippen MR) is 87.8 cm³/mol. The van der Waals surface area contributed by atoms with E-state index < -0.39 is 5.54 Å². The molecular formula is C14H17Br2N3O2. The van der Waals surface area contributed by atoms with Crippen molar-refractivity contribution < 1.29 is 9.26 Å². The Kier molecular flexibility index (Phi) is 5.54. The lowest BCUT2D eigenvalue weighted by Gasteiger charge is -2.19. The van der Waals surface area contributed by atoms with Crippen LogP contribution in [-0.2, 0) is 10.3 Å². The maximum atomic E-state index is 6.20. The molecule has 2 aromatic rings. The smallest absolute Gasteiger partial charge is 0.258 e. The first-order valence-corrected chi connectivity index (χ1v) is 8.18. The molecule has 0 aliphatic carbocycles. The molecule has 1 atom stereocenters. The van der Waals surface area contributed by atoms with Crippen LogP contribution in [-0.4, -0.2) is 23.4 Å². The predicted octanol–water partition coefficient (Wildman–Crippen LogP) is 3.86. The molecule has 0 amide bonds. The number of benzene rings is 1. The van der Waals surface area contributed by atoms with Crippen LogP contribution in [0.2, 0.25) is 0 Å². The number of halogens is 2. The second kappa shape index (κ2) is 7.00. The van der Waals surface area contributed by atoms with Gasteiger partial charge in [0.1, 0.15) is 5.54 Å². The Labute approximate surface area is 140 Å². The van der Waals surface area contributed by atoms with Crippen molar-refractivity contribution in [3.63, 3.8) is 0 Å². The van der Waals surface area contributed by atoms with Gasteiger partial charge < -0.3 is 15.0 Å². The van der Waals surface area contributed by atoms with E-state index in [1.807, 2.05) is 32.0 Å². The van der Waals surface area contributed by atoms with Gasteiger partial charge in [0, 0.05) is 21.1 Å². The van der Waals surface area contributed by atoms with E-state index in [0.717, 1.165) is 20.9 Å². The van der Waals surface area contributed by atoms with E-state index >= 15 is 0 Å². The standard InChI is InChI=1S/C14H17Br2N3O2/c1-3-4-20-8-14(2,17)13-18-12(21-19-13)9-5-10(15)7-11(16)6-9/h5-7H,3-4,8,17H2,1-2H3. The summed E-state index contributed by atoms with van der Waals surface area (Å²) in [6.07, 6.45) is 0.944. The van der Waals surface area contributed by atoms with Gasteiger partial charge in [-0.15, -0.1) is 0 Å². The van der Waals surface area contributed by atoms with Crippen LogP contribution < -0.4 is 5.73 Å². The summed E-state index contributed by atoms with van der Waals surface area (Å²) in [6.45, 7) is 4.89. The van der Waals surface area contributed by atoms with Crippen molar-refractivity contribution in [2.75, 3.05) is 13.2 Å². The van der Waals surface area contributed by atoms with Crippen LogP contribution in [0, 0.1) is 0 Å². The van der Waals surface area contributed by atoms with Crippen molar-refractivity contribution >= 4 is 31.9 Å². The molecule has 0 bridgehead atoms. The number of aromatic nitrogens is 2. The van der Waals surface area contributed by atoms with Crippen molar-refractivity contribution in [2.45, 2.75) is 25.8 Å². The Morgan fingerprint density at radius 3 is 2.57 bits per heavy atom. The summed E-state index contributed by atoms with van der Waals surface area (Å²) < 4.78 is 12.7. The van der Waals surface area contributed by atoms with E-state index in [1.54, 1.807) is 0 Å². The van der Waals surface area contributed by atoms with Crippen molar-refractivity contribution in [1.82, 2.24) is 10.1 Å². The molecule has 1 aromatic carbocycles. The summed E-state index contributed by atoms with van der Waals surface area (Å²) in [4.78, 5) is 4.39. The largest absolute Gasteiger partial charge is 0.379 e. The molecule has 2 rings (SSSR count). The topological polar surface area (TPSA) is 74.2 Å². The Bertz CT molecular complexity index is 594. The van der Waals surface area contributed by atoms with Crippen LogP contribution in [0.5, 0.6) is 0 Å². The molecule has 0 saturated carbocycles. The van der Waals surface area contributed by atoms with E-state index in [4.69, 9.17) is 15.0 Å². The van der Waals surface area contributed by atoms with Gasteiger partial charge in [-0.05, 0) is 31.5 Å². The van der Waals surface area contributed by atoms with Gasteiger partial charge in [0.25, 0.3) is 5.89 Å². The highest BCUT2D eigenvalue weighted by molar-refractivity contribution is 9.11. The van der Waals surface area contributed by atoms with Gasteiger partial charge in [0.15, 0.2) is 5.82 Å². The maximum Gasteiger partial charge on any atom is 0.258 e. The summed E-state index contributed by atoms with van der Waals surface area (Å²) in [7, 11) is 0. The zero-order valence-corrected chi connectivity index (χ0v) is 15.1. The Balaban J connectivity index is 2.20. The van der Waals surface area contributed by atoms with Gasteiger partial charge in [-0.25, -0.2) is 0 Å². The molecule has 0 fully saturated rings. The molecule has 0 radical (unpaired) electrons. The van der Waals surface area contributed by atoms with Gasteiger partial charge in [-0.3, -0.25) is 0 Å². The van der Waals surface area contributed by atoms with Gasteiger partial charge in [-0.1, -0.05) is 43.9 Å². The average molecular weight is 419 g/mol. The number of hydrogen-bond donors (Lipinski definition) is 1. The minimum Gasteiger partial charge on any atom is -0.379 e. The second-order valence-electron chi connectivity index (χ2n) is 5.05. The maximum absolute atomic E-state index is 6.20. The first kappa shape index (κ1) is 16.6. The van der Waals surface area contributed by atoms with E-state index in [-0.39, 0.29) is 0 Å². The summed E-state index contributed by atoms with van der Waals surface area (Å²) >= 11 is 6.87. The van der Waals surface area contributed by atoms with Gasteiger partial charge in [0.2, 0.25) is 0 Å². The molecule has 1 aromatic heterocycles. The molecule has 0 aliphatic rings. The minimum atomic E-state index is -0.778. The van der Waals surface area contributed by atoms with Gasteiger partial charge >= 0.3 is 0 Å². The summed E-state index contributed by atoms with van der Waals surface area (Å²) in [6, 6.07) is 5.75. The quantitative estimate of drug-likeness (QED) is 0.720. The molecule has 2 N–H and O–H groups in total. The molecule has 0 aliphatic heterocycles. The fraction of sp³-hybridized carbons (Fsp3) is 0.429. The van der Waals surface area contributed by atoms with Crippen LogP contribution in [0.3, 0.4) is 0 Å². The third-order valence-electron chi connectivity index (χ3n) is 2.80. The number of rotatable bonds is 6. The highest BCUT2D eigenvalue weighted by atomic mass is 79.9. The van der Waals surface area contributed by atoms with E-state index in [9.17, 15) is 0 Å². The van der Waals surface area contributed by atoms with Gasteiger partial charge in [0.05, 0.1) is 6.61 Å². The molecule has 7 heteroatoms. The fourth-order valence-corrected chi connectivity index (χ4v) is 3.04. The molecule has 21 heavy (non-hydrogen) atoms. The third-order valence-corrected chi connectivity index (χ3v) is 3.71. The van der Waals surface area contributed by atoms with E-state index in [1.165, 1.54) is 0 Å². The SMILES string of the molecule is CCCOCC(C)(N)c1noc(-c2cc(Br)cc(Br)c2)n1. The molecule has 1 heterocycles. The van der Waals surface area contributed by atoms with Crippen molar-refractivity contribution in [3.8, 4) is 11.5 Å². The second-order valence-corrected chi connectivity index (χ2v) is 6.88. The summed E-state index contributed by atoms with van der Waals surface area (Å²) in [5, 5.41) is 3.98. The number of hydrogen-bond acceptors (Lipinski definition) is 5. The first-order chi connectivity index (χ1) is 9.92. The molecular weight excluding hydrogens is 402 g/mol. The highest BCUT2D eigenvalue weighted by Gasteiger charge is 2.28. The van der Waals surface area contributed by atoms with Crippen LogP contribution in [0.15, 0.2) is 31.7 Å². The fourth-order valence-electron chi connectivity index (χ4n) is 1.74. The normalized spacial score (nSPS) is 14.1. The lowest BCUT2D eigenvalue weighted by atomic mass is 10.1. The van der Waals surface area contributed by atoms with Gasteiger partial charge in [-0.2, -0.15) is 4.98 Å². The lowest BCUT2D eigenvalue weighted by Crippen LogP contribution is -2.39. The highest BCUT2D eigenvalue weighted by Crippen LogP contribution is 2.27. The molecule has 5 nitrogen and oxygen atoms in total. The molecule has 0 saturated heterocycles. The average Bonchev–Trinajstić information content (AvgIpc) is 2.88. The first-order valence-electron chi connectivity index (χ1n) is 6.59. The number of nitrogens with two attached hydrogens (primary N) is 1. The zero-order valence-electron chi connectivity index (χ0n) is 11.9. The monoisotopic (exact) mass is 417 g/mol. The summed E-state index contributed by atoms with van der Waals surface area (Å²) in [5.41, 5.74) is 6.24. The van der Waals surface area contributed by atoms with Crippen LogP contribution in [0.4, 0.5) is 0 Å². The minimum absolute atomic E-state index is 0.349. The van der Waals surface area contributed by atoms with Crippen molar-refractivity contribution in [3.05, 3.63) is 33.0 Å². The molecule has 0 spiro atoms. The molecule has 1 unspecified atom stereocenters. The Morgan fingerprint density at radius 2 is 1.95 bits per heavy atom. The van der Waals surface area contributed by atoms with E-state index in [2.05, 4.69) is 42.0 Å². The van der Waals surface area contributed by atoms with Crippen LogP contribution >= 0.6 is 31.9 Å². The lowest BCUT2D eigenvalue weighted by molar-refractivity contribution is 0.0867. The number of ether oxygens (including phenoxy) is 1. The Hall–Kier alpha value is -0.760. The third kappa shape index (κ3) is 4.35. The van der Waals surface area contributed by atoms with Crippen molar-refractivity contribution in [2.24, 2.45) is 5.73 Å². The zero-order chi connectivity index (χ0) is 15.5. The van der Waals surface area contributed by atoms with E-state index in [0.29, 0.717) is 24.9 Å². The van der Waals surface area contributed by atoms with Crippen LogP contribution in [0.1, 0.15) is 26.1 Å². The van der Waals surface area contributed by atoms with Crippen molar-refractivity contribution in [1.29, 1.82) is 0 Å². The number of nitrogens with zero attached hydrogens (tertiary/aromatic N) is 2. The Morgan fingerprint density at radius 1 is 1.29 bits per heavy atom. The summed E-state index contributed by atoms with van der Waals surface area (Å²) in [5.74, 6) is 0.865. The van der Waals surface area contributed by atoms with Crippen LogP contribution in [0.25, 0.3) is 11.5 Å².